The van der Waals surface area contributed by atoms with Gasteiger partial charge in [-0.15, -0.1) is 0 Å². The van der Waals surface area contributed by atoms with Crippen LogP contribution in [0.3, 0.4) is 0 Å². The Labute approximate surface area is 182 Å². The van der Waals surface area contributed by atoms with Crippen molar-refractivity contribution in [2.45, 2.75) is 38.6 Å². The second-order valence-electron chi connectivity index (χ2n) is 8.39. The third-order valence-corrected chi connectivity index (χ3v) is 6.26. The van der Waals surface area contributed by atoms with Crippen molar-refractivity contribution in [2.75, 3.05) is 24.5 Å². The molecule has 0 unspecified atom stereocenters. The second kappa shape index (κ2) is 8.88. The van der Waals surface area contributed by atoms with Crippen molar-refractivity contribution in [3.05, 3.63) is 60.3 Å². The first-order valence-corrected chi connectivity index (χ1v) is 11.2. The van der Waals surface area contributed by atoms with Gasteiger partial charge in [-0.2, -0.15) is 0 Å². The minimum Gasteiger partial charge on any atom is -0.355 e. The number of rotatable bonds is 6. The van der Waals surface area contributed by atoms with Crippen LogP contribution in [-0.4, -0.2) is 45.1 Å². The van der Waals surface area contributed by atoms with E-state index >= 15 is 0 Å². The van der Waals surface area contributed by atoms with Crippen molar-refractivity contribution in [1.29, 1.82) is 0 Å². The van der Waals surface area contributed by atoms with Gasteiger partial charge in [0.25, 0.3) is 0 Å². The van der Waals surface area contributed by atoms with Crippen molar-refractivity contribution in [2.24, 2.45) is 5.92 Å². The van der Waals surface area contributed by atoms with Crippen LogP contribution in [0.1, 0.15) is 30.5 Å². The Morgan fingerprint density at radius 3 is 2.87 bits per heavy atom. The van der Waals surface area contributed by atoms with Crippen LogP contribution in [0.4, 0.5) is 5.82 Å². The molecule has 1 fully saturated rings. The monoisotopic (exact) mass is 416 g/mol. The molecule has 2 aliphatic rings. The highest BCUT2D eigenvalue weighted by molar-refractivity contribution is 5.79. The summed E-state index contributed by atoms with van der Waals surface area (Å²) >= 11 is 0. The van der Waals surface area contributed by atoms with E-state index in [9.17, 15) is 4.79 Å². The average molecular weight is 417 g/mol. The summed E-state index contributed by atoms with van der Waals surface area (Å²) in [4.78, 5) is 29.1. The molecule has 1 aliphatic carbocycles. The van der Waals surface area contributed by atoms with E-state index < -0.39 is 0 Å². The number of benzene rings is 1. The molecule has 0 radical (unpaired) electrons. The standard InChI is InChI=1S/C24H28N6O/c31-24(26-12-15-29-14-11-25-17-29)19-8-5-13-30(16-19)23-20-9-4-10-21(20)27-22(28-23)18-6-2-1-3-7-18/h1-3,6-7,11,14,17,19H,4-5,8-10,12-13,15-16H2,(H,26,31)/t19-/m1/s1. The van der Waals surface area contributed by atoms with Crippen LogP contribution in [0.2, 0.25) is 0 Å². The maximum absolute atomic E-state index is 12.8. The fraction of sp³-hybridized carbons (Fsp3) is 0.417. The van der Waals surface area contributed by atoms with Crippen LogP contribution in [0, 0.1) is 5.92 Å². The Bertz CT molecular complexity index is 1030. The summed E-state index contributed by atoms with van der Waals surface area (Å²) in [5.74, 6) is 1.96. The Hall–Kier alpha value is -3.22. The Kier molecular flexibility index (Phi) is 5.65. The molecular formula is C24H28N6O. The zero-order valence-electron chi connectivity index (χ0n) is 17.7. The number of anilines is 1. The fourth-order valence-corrected chi connectivity index (χ4v) is 4.65. The number of aryl methyl sites for hydroxylation is 1. The van der Waals surface area contributed by atoms with Gasteiger partial charge < -0.3 is 14.8 Å². The normalized spacial score (nSPS) is 18.1. The third-order valence-electron chi connectivity index (χ3n) is 6.26. The molecule has 3 aromatic rings. The number of fused-ring (bicyclic) bond motifs is 1. The number of carbonyl (C=O) groups excluding carboxylic acids is 1. The van der Waals surface area contributed by atoms with Gasteiger partial charge in [0, 0.05) is 55.4 Å². The average Bonchev–Trinajstić information content (AvgIpc) is 3.51. The summed E-state index contributed by atoms with van der Waals surface area (Å²) in [5.41, 5.74) is 3.50. The maximum Gasteiger partial charge on any atom is 0.224 e. The predicted octanol–water partition coefficient (Wildman–Crippen LogP) is 2.86. The summed E-state index contributed by atoms with van der Waals surface area (Å²) in [6.45, 7) is 3.01. The van der Waals surface area contributed by atoms with Gasteiger partial charge in [-0.05, 0) is 32.1 Å². The summed E-state index contributed by atoms with van der Waals surface area (Å²) in [6.07, 6.45) is 10.5. The number of hydrogen-bond donors (Lipinski definition) is 1. The van der Waals surface area contributed by atoms with Crippen molar-refractivity contribution in [3.63, 3.8) is 0 Å². The van der Waals surface area contributed by atoms with Crippen molar-refractivity contribution in [3.8, 4) is 11.4 Å². The van der Waals surface area contributed by atoms with Gasteiger partial charge in [-0.25, -0.2) is 15.0 Å². The van der Waals surface area contributed by atoms with Gasteiger partial charge in [0.1, 0.15) is 5.82 Å². The zero-order chi connectivity index (χ0) is 21.0. The predicted molar refractivity (Wildman–Crippen MR) is 120 cm³/mol. The van der Waals surface area contributed by atoms with Gasteiger partial charge in [0.05, 0.1) is 12.2 Å². The van der Waals surface area contributed by atoms with Crippen LogP contribution in [0.25, 0.3) is 11.4 Å². The van der Waals surface area contributed by atoms with Crippen LogP contribution in [0.5, 0.6) is 0 Å². The van der Waals surface area contributed by atoms with E-state index in [0.717, 1.165) is 62.4 Å². The van der Waals surface area contributed by atoms with E-state index in [1.165, 1.54) is 11.3 Å². The van der Waals surface area contributed by atoms with Gasteiger partial charge in [-0.3, -0.25) is 4.79 Å². The molecule has 160 valence electrons. The minimum absolute atomic E-state index is 0.0104. The molecule has 7 heteroatoms. The molecule has 1 N–H and O–H groups in total. The highest BCUT2D eigenvalue weighted by Gasteiger charge is 2.30. The number of hydrogen-bond acceptors (Lipinski definition) is 5. The number of nitrogens with zero attached hydrogens (tertiary/aromatic N) is 5. The molecular weight excluding hydrogens is 388 g/mol. The quantitative estimate of drug-likeness (QED) is 0.669. The number of amides is 1. The molecule has 1 saturated heterocycles. The summed E-state index contributed by atoms with van der Waals surface area (Å²) in [5, 5.41) is 3.11. The molecule has 1 aliphatic heterocycles. The third kappa shape index (κ3) is 4.31. The first-order valence-electron chi connectivity index (χ1n) is 11.2. The lowest BCUT2D eigenvalue weighted by molar-refractivity contribution is -0.125. The van der Waals surface area contributed by atoms with Crippen molar-refractivity contribution >= 4 is 11.7 Å². The number of piperidine rings is 1. The van der Waals surface area contributed by atoms with Crippen LogP contribution >= 0.6 is 0 Å². The van der Waals surface area contributed by atoms with Crippen LogP contribution in [0.15, 0.2) is 49.1 Å². The molecule has 0 saturated carbocycles. The van der Waals surface area contributed by atoms with Crippen molar-refractivity contribution in [1.82, 2.24) is 24.8 Å². The lowest BCUT2D eigenvalue weighted by Crippen LogP contribution is -2.44. The maximum atomic E-state index is 12.8. The van der Waals surface area contributed by atoms with E-state index in [4.69, 9.17) is 9.97 Å². The van der Waals surface area contributed by atoms with Crippen LogP contribution in [-0.2, 0) is 24.2 Å². The molecule has 0 bridgehead atoms. The van der Waals surface area contributed by atoms with Gasteiger partial charge >= 0.3 is 0 Å². The van der Waals surface area contributed by atoms with Gasteiger partial charge in [0.2, 0.25) is 5.91 Å². The highest BCUT2D eigenvalue weighted by Crippen LogP contribution is 2.33. The topological polar surface area (TPSA) is 75.9 Å². The summed E-state index contributed by atoms with van der Waals surface area (Å²) < 4.78 is 1.97. The van der Waals surface area contributed by atoms with Gasteiger partial charge in [-0.1, -0.05) is 30.3 Å². The molecule has 0 spiro atoms. The Morgan fingerprint density at radius 2 is 2.03 bits per heavy atom. The molecule has 5 rings (SSSR count). The Balaban J connectivity index is 1.31. The van der Waals surface area contributed by atoms with Crippen LogP contribution < -0.4 is 10.2 Å². The Morgan fingerprint density at radius 1 is 1.13 bits per heavy atom. The van der Waals surface area contributed by atoms with Gasteiger partial charge in [0.15, 0.2) is 5.82 Å². The van der Waals surface area contributed by atoms with E-state index in [1.54, 1.807) is 12.5 Å². The van der Waals surface area contributed by atoms with E-state index in [0.29, 0.717) is 13.1 Å². The molecule has 7 nitrogen and oxygen atoms in total. The lowest BCUT2D eigenvalue weighted by Gasteiger charge is -2.34. The molecule has 1 aromatic carbocycles. The number of carbonyl (C=O) groups is 1. The first-order chi connectivity index (χ1) is 15.3. The number of imidazole rings is 1. The van der Waals surface area contributed by atoms with E-state index in [2.05, 4.69) is 27.3 Å². The number of aromatic nitrogens is 4. The fourth-order valence-electron chi connectivity index (χ4n) is 4.65. The highest BCUT2D eigenvalue weighted by atomic mass is 16.1. The second-order valence-corrected chi connectivity index (χ2v) is 8.39. The molecule has 1 amide bonds. The van der Waals surface area contributed by atoms with E-state index in [-0.39, 0.29) is 11.8 Å². The summed E-state index contributed by atoms with van der Waals surface area (Å²) in [7, 11) is 0. The zero-order valence-corrected chi connectivity index (χ0v) is 17.7. The lowest BCUT2D eigenvalue weighted by atomic mass is 9.96. The first kappa shape index (κ1) is 19.7. The minimum atomic E-state index is -0.0104. The summed E-state index contributed by atoms with van der Waals surface area (Å²) in [6, 6.07) is 10.2. The molecule has 1 atom stereocenters. The van der Waals surface area contributed by atoms with Crippen molar-refractivity contribution < 1.29 is 4.79 Å². The molecule has 31 heavy (non-hydrogen) atoms. The largest absolute Gasteiger partial charge is 0.355 e. The number of nitrogens with one attached hydrogen (secondary N) is 1. The van der Waals surface area contributed by atoms with E-state index in [1.807, 2.05) is 29.0 Å². The molecule has 3 heterocycles. The molecule has 2 aromatic heterocycles. The smallest absolute Gasteiger partial charge is 0.224 e. The SMILES string of the molecule is O=C(NCCn1ccnc1)[C@@H]1CCCN(c2nc(-c3ccccc3)nc3c2CCC3)C1.